The van der Waals surface area contributed by atoms with Gasteiger partial charge in [0, 0.05) is 17.7 Å². The van der Waals surface area contributed by atoms with Crippen molar-refractivity contribution in [3.05, 3.63) is 22.3 Å². The van der Waals surface area contributed by atoms with Crippen molar-refractivity contribution in [1.82, 2.24) is 0 Å². The molecule has 2 rings (SSSR count). The number of ether oxygens (including phenoxy) is 2. The van der Waals surface area contributed by atoms with Crippen molar-refractivity contribution in [2.24, 2.45) is 0 Å². The molecule has 0 aromatic heterocycles. The van der Waals surface area contributed by atoms with E-state index in [2.05, 4.69) is 20.8 Å². The Morgan fingerprint density at radius 1 is 1.08 bits per heavy atom. The first-order chi connectivity index (χ1) is 11.4. The van der Waals surface area contributed by atoms with E-state index in [0.717, 1.165) is 53.9 Å². The minimum atomic E-state index is -0.140. The number of unbranched alkanes of at least 4 members (excludes halogenated alkanes) is 4. The van der Waals surface area contributed by atoms with Gasteiger partial charge in [-0.25, -0.2) is 0 Å². The quantitative estimate of drug-likeness (QED) is 0.629. The summed E-state index contributed by atoms with van der Waals surface area (Å²) in [6.07, 6.45) is 8.07. The third-order valence-electron chi connectivity index (χ3n) is 5.18. The van der Waals surface area contributed by atoms with Gasteiger partial charge in [0.15, 0.2) is 0 Å². The molecule has 0 saturated carbocycles. The average Bonchev–Trinajstić information content (AvgIpc) is 2.54. The van der Waals surface area contributed by atoms with Crippen LogP contribution >= 0.6 is 0 Å². The van der Waals surface area contributed by atoms with E-state index in [1.165, 1.54) is 25.7 Å². The summed E-state index contributed by atoms with van der Waals surface area (Å²) in [6.45, 7) is 11.7. The molecule has 1 aromatic rings. The Morgan fingerprint density at radius 3 is 2.50 bits per heavy atom. The summed E-state index contributed by atoms with van der Waals surface area (Å²) in [4.78, 5) is 0. The summed E-state index contributed by atoms with van der Waals surface area (Å²) in [5, 5.41) is 10.6. The molecule has 1 aromatic carbocycles. The molecule has 0 spiro atoms. The van der Waals surface area contributed by atoms with Crippen LogP contribution in [0.2, 0.25) is 0 Å². The lowest BCUT2D eigenvalue weighted by molar-refractivity contribution is 0.0794. The second kappa shape index (κ2) is 8.24. The maximum absolute atomic E-state index is 10.6. The standard InChI is InChI=1S/C21H34O3/c1-6-7-8-9-10-13-23-14-18-17-11-12-21(4,5)24-20(17)16(3)15(2)19(18)22/h22H,6-14H2,1-5H3. The van der Waals surface area contributed by atoms with Crippen molar-refractivity contribution in [3.63, 3.8) is 0 Å². The Morgan fingerprint density at radius 2 is 1.79 bits per heavy atom. The lowest BCUT2D eigenvalue weighted by Gasteiger charge is -2.35. The van der Waals surface area contributed by atoms with Crippen LogP contribution in [0, 0.1) is 13.8 Å². The molecule has 0 fully saturated rings. The second-order valence-corrected chi connectivity index (χ2v) is 7.71. The van der Waals surface area contributed by atoms with Gasteiger partial charge < -0.3 is 14.6 Å². The van der Waals surface area contributed by atoms with Crippen LogP contribution in [0.4, 0.5) is 0 Å². The third-order valence-corrected chi connectivity index (χ3v) is 5.18. The Kier molecular flexibility index (Phi) is 6.56. The summed E-state index contributed by atoms with van der Waals surface area (Å²) < 4.78 is 12.1. The van der Waals surface area contributed by atoms with E-state index >= 15 is 0 Å². The summed E-state index contributed by atoms with van der Waals surface area (Å²) in [5.74, 6) is 1.35. The summed E-state index contributed by atoms with van der Waals surface area (Å²) in [7, 11) is 0. The molecule has 0 atom stereocenters. The van der Waals surface area contributed by atoms with E-state index in [1.54, 1.807) is 0 Å². The fourth-order valence-corrected chi connectivity index (χ4v) is 3.37. The first-order valence-electron chi connectivity index (χ1n) is 9.48. The maximum Gasteiger partial charge on any atom is 0.127 e. The Hall–Kier alpha value is -1.22. The molecular weight excluding hydrogens is 300 g/mol. The monoisotopic (exact) mass is 334 g/mol. The van der Waals surface area contributed by atoms with Gasteiger partial charge in [-0.15, -0.1) is 0 Å². The first-order valence-corrected chi connectivity index (χ1v) is 9.48. The number of fused-ring (bicyclic) bond motifs is 1. The number of phenols is 1. The fourth-order valence-electron chi connectivity index (χ4n) is 3.37. The van der Waals surface area contributed by atoms with Crippen molar-refractivity contribution in [2.45, 2.75) is 91.8 Å². The molecule has 1 N–H and O–H groups in total. The third kappa shape index (κ3) is 4.44. The van der Waals surface area contributed by atoms with Gasteiger partial charge in [0.1, 0.15) is 17.1 Å². The van der Waals surface area contributed by atoms with Crippen LogP contribution in [0.1, 0.15) is 81.5 Å². The molecule has 0 aliphatic carbocycles. The zero-order valence-corrected chi connectivity index (χ0v) is 16.1. The van der Waals surface area contributed by atoms with Crippen molar-refractivity contribution in [3.8, 4) is 11.5 Å². The predicted molar refractivity (Wildman–Crippen MR) is 99.0 cm³/mol. The van der Waals surface area contributed by atoms with Crippen LogP contribution in [0.25, 0.3) is 0 Å². The molecule has 3 nitrogen and oxygen atoms in total. The minimum absolute atomic E-state index is 0.140. The van der Waals surface area contributed by atoms with Gasteiger partial charge in [0.05, 0.1) is 6.61 Å². The largest absolute Gasteiger partial charge is 0.507 e. The Labute approximate surface area is 147 Å². The molecule has 0 radical (unpaired) electrons. The van der Waals surface area contributed by atoms with E-state index in [0.29, 0.717) is 12.4 Å². The SMILES string of the molecule is CCCCCCCOCc1c(O)c(C)c(C)c2c1CCC(C)(C)O2. The van der Waals surface area contributed by atoms with E-state index in [-0.39, 0.29) is 5.60 Å². The lowest BCUT2D eigenvalue weighted by Crippen LogP contribution is -2.33. The summed E-state index contributed by atoms with van der Waals surface area (Å²) in [6, 6.07) is 0. The molecule has 1 aliphatic rings. The zero-order valence-electron chi connectivity index (χ0n) is 16.1. The highest BCUT2D eigenvalue weighted by atomic mass is 16.5. The van der Waals surface area contributed by atoms with Crippen LogP contribution in [-0.2, 0) is 17.8 Å². The van der Waals surface area contributed by atoms with Gasteiger partial charge in [0.2, 0.25) is 0 Å². The number of phenolic OH excluding ortho intramolecular Hbond substituents is 1. The van der Waals surface area contributed by atoms with E-state index in [1.807, 2.05) is 13.8 Å². The number of rotatable bonds is 8. The fraction of sp³-hybridized carbons (Fsp3) is 0.714. The Bertz CT molecular complexity index is 561. The van der Waals surface area contributed by atoms with E-state index in [4.69, 9.17) is 9.47 Å². The number of benzene rings is 1. The number of hydrogen-bond donors (Lipinski definition) is 1. The predicted octanol–water partition coefficient (Wildman–Crippen LogP) is 5.60. The highest BCUT2D eigenvalue weighted by Gasteiger charge is 2.31. The Balaban J connectivity index is 2.06. The van der Waals surface area contributed by atoms with Gasteiger partial charge in [-0.2, -0.15) is 0 Å². The lowest BCUT2D eigenvalue weighted by atomic mass is 9.87. The smallest absolute Gasteiger partial charge is 0.127 e. The first kappa shape index (κ1) is 19.1. The average molecular weight is 335 g/mol. The second-order valence-electron chi connectivity index (χ2n) is 7.71. The molecular formula is C21H34O3. The molecule has 24 heavy (non-hydrogen) atoms. The van der Waals surface area contributed by atoms with Crippen LogP contribution in [-0.4, -0.2) is 17.3 Å². The van der Waals surface area contributed by atoms with Crippen molar-refractivity contribution >= 4 is 0 Å². The minimum Gasteiger partial charge on any atom is -0.507 e. The van der Waals surface area contributed by atoms with Gasteiger partial charge in [-0.1, -0.05) is 32.6 Å². The van der Waals surface area contributed by atoms with Crippen LogP contribution < -0.4 is 4.74 Å². The van der Waals surface area contributed by atoms with Gasteiger partial charge >= 0.3 is 0 Å². The maximum atomic E-state index is 10.6. The molecule has 0 unspecified atom stereocenters. The topological polar surface area (TPSA) is 38.7 Å². The van der Waals surface area contributed by atoms with E-state index in [9.17, 15) is 5.11 Å². The van der Waals surface area contributed by atoms with Crippen LogP contribution in [0.15, 0.2) is 0 Å². The summed E-state index contributed by atoms with van der Waals surface area (Å²) >= 11 is 0. The highest BCUT2D eigenvalue weighted by molar-refractivity contribution is 5.58. The van der Waals surface area contributed by atoms with Crippen molar-refractivity contribution in [2.75, 3.05) is 6.61 Å². The summed E-state index contributed by atoms with van der Waals surface area (Å²) in [5.41, 5.74) is 3.89. The molecule has 0 saturated heterocycles. The highest BCUT2D eigenvalue weighted by Crippen LogP contribution is 2.43. The normalized spacial score (nSPS) is 15.9. The van der Waals surface area contributed by atoms with Gasteiger partial charge in [-0.3, -0.25) is 0 Å². The molecule has 1 aliphatic heterocycles. The molecule has 1 heterocycles. The number of hydrogen-bond acceptors (Lipinski definition) is 3. The van der Waals surface area contributed by atoms with Gasteiger partial charge in [-0.05, 0) is 58.1 Å². The molecule has 0 amide bonds. The molecule has 0 bridgehead atoms. The molecule has 3 heteroatoms. The number of aromatic hydroxyl groups is 1. The van der Waals surface area contributed by atoms with Crippen LogP contribution in [0.5, 0.6) is 11.5 Å². The van der Waals surface area contributed by atoms with Gasteiger partial charge in [0.25, 0.3) is 0 Å². The van der Waals surface area contributed by atoms with E-state index < -0.39 is 0 Å². The van der Waals surface area contributed by atoms with Crippen molar-refractivity contribution < 1.29 is 14.6 Å². The van der Waals surface area contributed by atoms with Crippen LogP contribution in [0.3, 0.4) is 0 Å². The molecule has 136 valence electrons. The van der Waals surface area contributed by atoms with Crippen molar-refractivity contribution in [1.29, 1.82) is 0 Å². The zero-order chi connectivity index (χ0) is 17.7.